The fraction of sp³-hybridized carbons (Fsp3) is 0.333. The van der Waals surface area contributed by atoms with Crippen LogP contribution in [0, 0.1) is 18.3 Å². The number of alkyl halides is 1. The van der Waals surface area contributed by atoms with E-state index in [2.05, 4.69) is 10.1 Å². The van der Waals surface area contributed by atoms with Gasteiger partial charge in [0.25, 0.3) is 0 Å². The van der Waals surface area contributed by atoms with Crippen molar-refractivity contribution < 1.29 is 4.79 Å². The van der Waals surface area contributed by atoms with Gasteiger partial charge in [-0.25, -0.2) is 4.98 Å². The van der Waals surface area contributed by atoms with E-state index in [-0.39, 0.29) is 17.7 Å². The van der Waals surface area contributed by atoms with Crippen LogP contribution in [0.3, 0.4) is 0 Å². The zero-order chi connectivity index (χ0) is 13.6. The molecule has 0 radical (unpaired) electrons. The third-order valence-electron chi connectivity index (χ3n) is 3.03. The number of aryl methyl sites for hydroxylation is 1. The van der Waals surface area contributed by atoms with Crippen molar-refractivity contribution in [2.45, 2.75) is 18.7 Å². The van der Waals surface area contributed by atoms with Gasteiger partial charge in [-0.2, -0.15) is 14.9 Å². The minimum absolute atomic E-state index is 0.0999. The van der Waals surface area contributed by atoms with Gasteiger partial charge in [0, 0.05) is 19.0 Å². The smallest absolute Gasteiger partial charge is 0.229 e. The summed E-state index contributed by atoms with van der Waals surface area (Å²) in [5.74, 6) is 0.353. The lowest BCUT2D eigenvalue weighted by Crippen LogP contribution is -2.28. The lowest BCUT2D eigenvalue weighted by atomic mass is 10.3. The highest BCUT2D eigenvalue weighted by Crippen LogP contribution is 2.27. The van der Waals surface area contributed by atoms with Gasteiger partial charge in [0.1, 0.15) is 11.6 Å². The first-order valence-corrected chi connectivity index (χ1v) is 6.23. The third kappa shape index (κ3) is 1.83. The van der Waals surface area contributed by atoms with Crippen LogP contribution in [0.5, 0.6) is 0 Å². The number of carbonyl (C=O) groups is 1. The van der Waals surface area contributed by atoms with Gasteiger partial charge in [0.05, 0.1) is 17.3 Å². The monoisotopic (exact) mass is 275 g/mol. The van der Waals surface area contributed by atoms with Crippen LogP contribution in [0.15, 0.2) is 12.3 Å². The van der Waals surface area contributed by atoms with Crippen molar-refractivity contribution >= 4 is 29.0 Å². The Morgan fingerprint density at radius 3 is 3.00 bits per heavy atom. The summed E-state index contributed by atoms with van der Waals surface area (Å²) in [5, 5.41) is 13.2. The number of nitrogens with zero attached hydrogens (tertiary/aromatic N) is 5. The minimum atomic E-state index is -0.237. The number of nitriles is 1. The van der Waals surface area contributed by atoms with E-state index in [1.54, 1.807) is 6.07 Å². The molecular formula is C12H10ClN5O. The lowest BCUT2D eigenvalue weighted by Gasteiger charge is -2.17. The van der Waals surface area contributed by atoms with E-state index in [1.165, 1.54) is 15.6 Å². The molecule has 19 heavy (non-hydrogen) atoms. The Morgan fingerprint density at radius 2 is 2.37 bits per heavy atom. The molecule has 7 heteroatoms. The highest BCUT2D eigenvalue weighted by molar-refractivity contribution is 6.24. The molecule has 3 rings (SSSR count). The Kier molecular flexibility index (Phi) is 2.64. The Balaban J connectivity index is 2.26. The van der Waals surface area contributed by atoms with Crippen LogP contribution in [0.2, 0.25) is 0 Å². The molecule has 0 N–H and O–H groups in total. The maximum atomic E-state index is 12.0. The molecule has 1 atom stereocenters. The van der Waals surface area contributed by atoms with Gasteiger partial charge >= 0.3 is 0 Å². The van der Waals surface area contributed by atoms with Crippen LogP contribution < -0.4 is 4.90 Å². The molecule has 0 aromatic carbocycles. The number of rotatable bonds is 1. The summed E-state index contributed by atoms with van der Waals surface area (Å²) >= 11 is 6.01. The highest BCUT2D eigenvalue weighted by Gasteiger charge is 2.32. The number of fused-ring (bicyclic) bond motifs is 1. The summed E-state index contributed by atoms with van der Waals surface area (Å²) in [4.78, 5) is 17.6. The van der Waals surface area contributed by atoms with E-state index in [1.807, 2.05) is 13.0 Å². The number of carbonyl (C=O) groups excluding carboxylic acids is 1. The number of anilines is 1. The molecule has 96 valence electrons. The average molecular weight is 276 g/mol. The quantitative estimate of drug-likeness (QED) is 0.734. The predicted octanol–water partition coefficient (Wildman–Crippen LogP) is 1.25. The predicted molar refractivity (Wildman–Crippen MR) is 69.1 cm³/mol. The number of aromatic nitrogens is 3. The van der Waals surface area contributed by atoms with Crippen molar-refractivity contribution in [3.63, 3.8) is 0 Å². The summed E-state index contributed by atoms with van der Waals surface area (Å²) in [6.07, 6.45) is 1.73. The van der Waals surface area contributed by atoms with Gasteiger partial charge < -0.3 is 0 Å². The van der Waals surface area contributed by atoms with Gasteiger partial charge in [0.2, 0.25) is 5.91 Å². The third-order valence-corrected chi connectivity index (χ3v) is 3.33. The summed E-state index contributed by atoms with van der Waals surface area (Å²) < 4.78 is 1.53. The second-order valence-electron chi connectivity index (χ2n) is 4.47. The fourth-order valence-electron chi connectivity index (χ4n) is 2.24. The Labute approximate surface area is 114 Å². The Hall–Kier alpha value is -2.13. The molecule has 0 bridgehead atoms. The van der Waals surface area contributed by atoms with Gasteiger partial charge in [-0.15, -0.1) is 11.6 Å². The Bertz CT molecular complexity index is 717. The first-order valence-electron chi connectivity index (χ1n) is 5.80. The molecule has 1 amide bonds. The standard InChI is InChI=1S/C12H10ClN5O/c1-7-2-10-15-5-8(4-14)12(18(10)16-7)17-6-9(13)3-11(17)19/h2,5,9H,3,6H2,1H3. The van der Waals surface area contributed by atoms with Crippen molar-refractivity contribution in [2.24, 2.45) is 0 Å². The molecule has 2 aromatic rings. The number of halogens is 1. The molecule has 6 nitrogen and oxygen atoms in total. The van der Waals surface area contributed by atoms with Gasteiger partial charge in [-0.1, -0.05) is 0 Å². The minimum Gasteiger partial charge on any atom is -0.294 e. The Morgan fingerprint density at radius 1 is 1.58 bits per heavy atom. The van der Waals surface area contributed by atoms with Crippen molar-refractivity contribution in [3.05, 3.63) is 23.5 Å². The molecule has 3 heterocycles. The number of amides is 1. The number of hydrogen-bond donors (Lipinski definition) is 0. The van der Waals surface area contributed by atoms with Gasteiger partial charge in [0.15, 0.2) is 11.5 Å². The normalized spacial score (nSPS) is 19.1. The molecule has 1 aliphatic rings. The average Bonchev–Trinajstić information content (AvgIpc) is 2.89. The maximum absolute atomic E-state index is 12.0. The largest absolute Gasteiger partial charge is 0.294 e. The first kappa shape index (κ1) is 11.9. The lowest BCUT2D eigenvalue weighted by molar-refractivity contribution is -0.117. The van der Waals surface area contributed by atoms with E-state index < -0.39 is 0 Å². The van der Waals surface area contributed by atoms with Crippen molar-refractivity contribution in [1.82, 2.24) is 14.6 Å². The van der Waals surface area contributed by atoms with Crippen molar-refractivity contribution in [1.29, 1.82) is 5.26 Å². The van der Waals surface area contributed by atoms with Gasteiger partial charge in [-0.3, -0.25) is 9.69 Å². The second kappa shape index (κ2) is 4.21. The highest BCUT2D eigenvalue weighted by atomic mass is 35.5. The van der Waals surface area contributed by atoms with E-state index in [0.29, 0.717) is 23.6 Å². The van der Waals surface area contributed by atoms with Crippen LogP contribution in [-0.4, -0.2) is 32.4 Å². The van der Waals surface area contributed by atoms with E-state index in [9.17, 15) is 10.1 Å². The SMILES string of the molecule is Cc1cc2ncc(C#N)c(N3CC(Cl)CC3=O)n2n1. The van der Waals surface area contributed by atoms with Crippen LogP contribution in [0.25, 0.3) is 5.65 Å². The first-order chi connectivity index (χ1) is 9.10. The van der Waals surface area contributed by atoms with Crippen molar-refractivity contribution in [3.8, 4) is 6.07 Å². The topological polar surface area (TPSA) is 74.3 Å². The van der Waals surface area contributed by atoms with E-state index >= 15 is 0 Å². The van der Waals surface area contributed by atoms with Gasteiger partial charge in [-0.05, 0) is 6.92 Å². The maximum Gasteiger partial charge on any atom is 0.229 e. The zero-order valence-corrected chi connectivity index (χ0v) is 10.9. The molecule has 1 fully saturated rings. The van der Waals surface area contributed by atoms with Crippen molar-refractivity contribution in [2.75, 3.05) is 11.4 Å². The number of hydrogen-bond acceptors (Lipinski definition) is 4. The van der Waals surface area contributed by atoms with Crippen LogP contribution >= 0.6 is 11.6 Å². The molecule has 2 aromatic heterocycles. The summed E-state index contributed by atoms with van der Waals surface area (Å²) in [6, 6.07) is 3.84. The molecule has 0 saturated carbocycles. The van der Waals surface area contributed by atoms with E-state index in [4.69, 9.17) is 11.6 Å². The molecular weight excluding hydrogens is 266 g/mol. The fourth-order valence-corrected chi connectivity index (χ4v) is 2.51. The second-order valence-corrected chi connectivity index (χ2v) is 5.09. The van der Waals surface area contributed by atoms with E-state index in [0.717, 1.165) is 5.69 Å². The van der Waals surface area contributed by atoms with Crippen LogP contribution in [0.1, 0.15) is 17.7 Å². The molecule has 0 aliphatic carbocycles. The summed E-state index contributed by atoms with van der Waals surface area (Å²) in [5.41, 5.74) is 1.70. The molecule has 0 spiro atoms. The molecule has 1 saturated heterocycles. The zero-order valence-electron chi connectivity index (χ0n) is 10.2. The van der Waals surface area contributed by atoms with Crippen LogP contribution in [0.4, 0.5) is 5.82 Å². The molecule has 1 unspecified atom stereocenters. The molecule has 1 aliphatic heterocycles. The summed E-state index contributed by atoms with van der Waals surface area (Å²) in [7, 11) is 0. The summed E-state index contributed by atoms with van der Waals surface area (Å²) in [6.45, 7) is 2.22. The van der Waals surface area contributed by atoms with Crippen LogP contribution in [-0.2, 0) is 4.79 Å².